The maximum absolute atomic E-state index is 13.0. The van der Waals surface area contributed by atoms with E-state index in [1.54, 1.807) is 19.2 Å². The van der Waals surface area contributed by atoms with Crippen molar-refractivity contribution in [1.29, 1.82) is 5.41 Å². The van der Waals surface area contributed by atoms with Crippen molar-refractivity contribution >= 4 is 17.6 Å². The molecule has 0 radical (unpaired) electrons. The molecule has 0 aliphatic rings. The molecule has 2 heterocycles. The number of carbonyl (C=O) groups excluding carboxylic acids is 1. The SMILES string of the molecule is CN/C=C(\C(=N)OC)C(=O)Nc1cccc(-c2nncn2C(C)C(F)F)n1. The van der Waals surface area contributed by atoms with Gasteiger partial charge < -0.3 is 19.9 Å². The molecule has 27 heavy (non-hydrogen) atoms. The summed E-state index contributed by atoms with van der Waals surface area (Å²) in [6.07, 6.45) is -0.0874. The summed E-state index contributed by atoms with van der Waals surface area (Å²) in [4.78, 5) is 16.6. The van der Waals surface area contributed by atoms with Crippen LogP contribution in [0, 0.1) is 5.41 Å². The normalized spacial score (nSPS) is 12.6. The first-order valence-corrected chi connectivity index (χ1v) is 7.85. The molecular formula is C16H19F2N7O2. The molecular weight excluding hydrogens is 360 g/mol. The third-order valence-electron chi connectivity index (χ3n) is 3.58. The van der Waals surface area contributed by atoms with Crippen LogP contribution < -0.4 is 10.6 Å². The zero-order valence-electron chi connectivity index (χ0n) is 14.9. The minimum Gasteiger partial charge on any atom is -0.481 e. The highest BCUT2D eigenvalue weighted by Crippen LogP contribution is 2.23. The minimum absolute atomic E-state index is 0.0401. The van der Waals surface area contributed by atoms with Gasteiger partial charge in [0, 0.05) is 13.2 Å². The van der Waals surface area contributed by atoms with Crippen LogP contribution in [0.2, 0.25) is 0 Å². The average molecular weight is 379 g/mol. The Kier molecular flexibility index (Phi) is 6.52. The Morgan fingerprint density at radius 1 is 1.41 bits per heavy atom. The zero-order chi connectivity index (χ0) is 20.0. The second kappa shape index (κ2) is 8.83. The number of alkyl halides is 2. The molecule has 0 aliphatic carbocycles. The first-order valence-electron chi connectivity index (χ1n) is 7.85. The number of nitrogens with zero attached hydrogens (tertiary/aromatic N) is 4. The third kappa shape index (κ3) is 4.63. The number of aromatic nitrogens is 4. The van der Waals surface area contributed by atoms with E-state index in [9.17, 15) is 13.6 Å². The van der Waals surface area contributed by atoms with Crippen LogP contribution in [0.1, 0.15) is 13.0 Å². The van der Waals surface area contributed by atoms with Gasteiger partial charge in [0.2, 0.25) is 5.90 Å². The monoisotopic (exact) mass is 379 g/mol. The lowest BCUT2D eigenvalue weighted by atomic mass is 10.2. The summed E-state index contributed by atoms with van der Waals surface area (Å²) in [5.41, 5.74) is 0.223. The van der Waals surface area contributed by atoms with E-state index in [1.807, 2.05) is 0 Å². The van der Waals surface area contributed by atoms with Gasteiger partial charge in [0.1, 0.15) is 23.4 Å². The van der Waals surface area contributed by atoms with Gasteiger partial charge in [-0.25, -0.2) is 13.8 Å². The fourth-order valence-electron chi connectivity index (χ4n) is 2.15. The maximum Gasteiger partial charge on any atom is 0.263 e. The lowest BCUT2D eigenvalue weighted by Gasteiger charge is -2.14. The number of hydrogen-bond donors (Lipinski definition) is 3. The van der Waals surface area contributed by atoms with Crippen molar-refractivity contribution in [2.75, 3.05) is 19.5 Å². The summed E-state index contributed by atoms with van der Waals surface area (Å²) in [6, 6.07) is 3.54. The van der Waals surface area contributed by atoms with Crippen LogP contribution in [0.15, 0.2) is 36.3 Å². The Balaban J connectivity index is 2.29. The van der Waals surface area contributed by atoms with E-state index < -0.39 is 18.4 Å². The van der Waals surface area contributed by atoms with Gasteiger partial charge in [0.15, 0.2) is 5.82 Å². The van der Waals surface area contributed by atoms with Gasteiger partial charge >= 0.3 is 0 Å². The largest absolute Gasteiger partial charge is 0.481 e. The molecule has 1 amide bonds. The Hall–Kier alpha value is -3.37. The molecule has 2 aromatic rings. The number of methoxy groups -OCH3 is 1. The highest BCUT2D eigenvalue weighted by atomic mass is 19.3. The highest BCUT2D eigenvalue weighted by molar-refractivity contribution is 6.21. The summed E-state index contributed by atoms with van der Waals surface area (Å²) in [5.74, 6) is -0.649. The molecule has 0 aromatic carbocycles. The number of pyridine rings is 1. The highest BCUT2D eigenvalue weighted by Gasteiger charge is 2.22. The van der Waals surface area contributed by atoms with Crippen molar-refractivity contribution in [3.63, 3.8) is 0 Å². The van der Waals surface area contributed by atoms with Crippen molar-refractivity contribution in [2.24, 2.45) is 0 Å². The maximum atomic E-state index is 13.0. The molecule has 0 saturated heterocycles. The fourth-order valence-corrected chi connectivity index (χ4v) is 2.15. The van der Waals surface area contributed by atoms with Crippen molar-refractivity contribution in [3.8, 4) is 11.5 Å². The number of rotatable bonds is 7. The Labute approximate surface area is 154 Å². The van der Waals surface area contributed by atoms with Crippen molar-refractivity contribution in [2.45, 2.75) is 19.4 Å². The van der Waals surface area contributed by atoms with Crippen LogP contribution >= 0.6 is 0 Å². The molecule has 9 nitrogen and oxygen atoms in total. The van der Waals surface area contributed by atoms with Crippen LogP contribution in [0.5, 0.6) is 0 Å². The zero-order valence-corrected chi connectivity index (χ0v) is 14.9. The number of carbonyl (C=O) groups is 1. The van der Waals surface area contributed by atoms with Gasteiger partial charge in [-0.3, -0.25) is 10.2 Å². The van der Waals surface area contributed by atoms with E-state index in [0.29, 0.717) is 0 Å². The van der Waals surface area contributed by atoms with Crippen LogP contribution in [-0.2, 0) is 9.53 Å². The summed E-state index contributed by atoms with van der Waals surface area (Å²) >= 11 is 0. The fraction of sp³-hybridized carbons (Fsp3) is 0.312. The van der Waals surface area contributed by atoms with E-state index in [0.717, 1.165) is 0 Å². The van der Waals surface area contributed by atoms with Crippen molar-refractivity contribution in [1.82, 2.24) is 25.1 Å². The van der Waals surface area contributed by atoms with E-state index >= 15 is 0 Å². The number of halogens is 2. The molecule has 3 N–H and O–H groups in total. The lowest BCUT2D eigenvalue weighted by Crippen LogP contribution is -2.23. The molecule has 0 spiro atoms. The minimum atomic E-state index is -2.60. The molecule has 1 atom stereocenters. The molecule has 2 rings (SSSR count). The van der Waals surface area contributed by atoms with Crippen molar-refractivity contribution < 1.29 is 18.3 Å². The third-order valence-corrected chi connectivity index (χ3v) is 3.58. The molecule has 0 aliphatic heterocycles. The predicted octanol–water partition coefficient (Wildman–Crippen LogP) is 1.83. The van der Waals surface area contributed by atoms with Gasteiger partial charge in [-0.15, -0.1) is 10.2 Å². The first kappa shape index (κ1) is 19.9. The second-order valence-corrected chi connectivity index (χ2v) is 5.38. The van der Waals surface area contributed by atoms with E-state index in [2.05, 4.69) is 25.8 Å². The van der Waals surface area contributed by atoms with Gasteiger partial charge in [0.25, 0.3) is 12.3 Å². The van der Waals surface area contributed by atoms with Gasteiger partial charge in [-0.2, -0.15) is 0 Å². The van der Waals surface area contributed by atoms with E-state index in [4.69, 9.17) is 10.1 Å². The Morgan fingerprint density at radius 3 is 2.78 bits per heavy atom. The number of hydrogen-bond acceptors (Lipinski definition) is 7. The predicted molar refractivity (Wildman–Crippen MR) is 94.5 cm³/mol. The summed E-state index contributed by atoms with van der Waals surface area (Å²) < 4.78 is 32.0. The van der Waals surface area contributed by atoms with Crippen LogP contribution in [-0.4, -0.2) is 52.1 Å². The van der Waals surface area contributed by atoms with Gasteiger partial charge in [0.05, 0.1) is 13.2 Å². The number of amides is 1. The quantitative estimate of drug-likeness (QED) is 0.384. The molecule has 1 unspecified atom stereocenters. The smallest absolute Gasteiger partial charge is 0.263 e. The summed E-state index contributed by atoms with van der Waals surface area (Å²) in [6.45, 7) is 1.34. The van der Waals surface area contributed by atoms with Gasteiger partial charge in [-0.1, -0.05) is 6.07 Å². The molecule has 0 fully saturated rings. The number of anilines is 1. The molecule has 0 bridgehead atoms. The van der Waals surface area contributed by atoms with Crippen LogP contribution in [0.25, 0.3) is 11.5 Å². The van der Waals surface area contributed by atoms with E-state index in [1.165, 1.54) is 37.2 Å². The van der Waals surface area contributed by atoms with Crippen LogP contribution in [0.4, 0.5) is 14.6 Å². The second-order valence-electron chi connectivity index (χ2n) is 5.38. The lowest BCUT2D eigenvalue weighted by molar-refractivity contribution is -0.112. The summed E-state index contributed by atoms with van der Waals surface area (Å²) in [5, 5.41) is 20.4. The first-order chi connectivity index (χ1) is 12.9. The van der Waals surface area contributed by atoms with E-state index in [-0.39, 0.29) is 28.8 Å². The van der Waals surface area contributed by atoms with Gasteiger partial charge in [-0.05, 0) is 19.1 Å². The number of ether oxygens (including phenoxy) is 1. The molecule has 2 aromatic heterocycles. The summed E-state index contributed by atoms with van der Waals surface area (Å²) in [7, 11) is 2.85. The molecule has 0 saturated carbocycles. The van der Waals surface area contributed by atoms with Crippen molar-refractivity contribution in [3.05, 3.63) is 36.3 Å². The Morgan fingerprint density at radius 2 is 2.15 bits per heavy atom. The molecule has 144 valence electrons. The topological polar surface area (TPSA) is 118 Å². The number of nitrogens with one attached hydrogen (secondary N) is 3. The Bertz CT molecular complexity index is 851. The average Bonchev–Trinajstić information content (AvgIpc) is 3.14. The van der Waals surface area contributed by atoms with Crippen LogP contribution in [0.3, 0.4) is 0 Å². The standard InChI is InChI=1S/C16H19F2N7O2/c1-9(13(17)18)25-8-21-24-15(25)11-5-4-6-12(22-11)23-16(26)10(7-20-2)14(19)27-3/h4-9,13,19-20H,1-3H3,(H,22,23,26)/b10-7+,19-14?. The molecule has 11 heteroatoms.